The van der Waals surface area contributed by atoms with E-state index in [-0.39, 0.29) is 29.4 Å². The molecule has 1 saturated heterocycles. The minimum atomic E-state index is -0.726. The zero-order valence-corrected chi connectivity index (χ0v) is 12.8. The Kier molecular flexibility index (Phi) is 3.71. The van der Waals surface area contributed by atoms with Gasteiger partial charge in [-0.1, -0.05) is 0 Å². The highest BCUT2D eigenvalue weighted by atomic mass is 32.1. The summed E-state index contributed by atoms with van der Waals surface area (Å²) in [5.41, 5.74) is -0.389. The van der Waals surface area contributed by atoms with Gasteiger partial charge in [0.1, 0.15) is 5.69 Å². The second kappa shape index (κ2) is 5.38. The Morgan fingerprint density at radius 2 is 2.33 bits per heavy atom. The van der Waals surface area contributed by atoms with Crippen LogP contribution in [0.4, 0.5) is 0 Å². The zero-order chi connectivity index (χ0) is 15.0. The molecule has 0 spiro atoms. The van der Waals surface area contributed by atoms with Crippen molar-refractivity contribution < 1.29 is 14.7 Å². The molecule has 2 heterocycles. The number of aliphatic hydroxyl groups is 1. The number of hydrogen-bond donors (Lipinski definition) is 2. The number of nitrogens with one attached hydrogen (secondary N) is 1. The quantitative estimate of drug-likeness (QED) is 0.870. The first-order chi connectivity index (χ1) is 9.98. The minimum Gasteiger partial charge on any atom is -0.388 e. The number of hydrogen-bond acceptors (Lipinski definition) is 5. The molecule has 1 aromatic heterocycles. The lowest BCUT2D eigenvalue weighted by molar-refractivity contribution is 0.0742. The summed E-state index contributed by atoms with van der Waals surface area (Å²) >= 11 is 1.16. The van der Waals surface area contributed by atoms with Crippen LogP contribution in [0.2, 0.25) is 0 Å². The predicted molar refractivity (Wildman–Crippen MR) is 78.4 cm³/mol. The van der Waals surface area contributed by atoms with Gasteiger partial charge in [0, 0.05) is 24.5 Å². The Bertz CT molecular complexity index is 568. The van der Waals surface area contributed by atoms with E-state index < -0.39 is 5.60 Å². The van der Waals surface area contributed by atoms with E-state index in [0.717, 1.165) is 43.6 Å². The summed E-state index contributed by atoms with van der Waals surface area (Å²) in [5, 5.41) is 14.3. The fourth-order valence-corrected chi connectivity index (χ4v) is 3.21. The second-order valence-electron chi connectivity index (χ2n) is 5.93. The molecule has 3 rings (SSSR count). The van der Waals surface area contributed by atoms with E-state index in [1.54, 1.807) is 5.38 Å². The van der Waals surface area contributed by atoms with Gasteiger partial charge < -0.3 is 15.3 Å². The number of likely N-dealkylation sites (tertiary alicyclic amines) is 1. The monoisotopic (exact) mass is 309 g/mol. The van der Waals surface area contributed by atoms with Crippen molar-refractivity contribution in [1.82, 2.24) is 15.2 Å². The Hall–Kier alpha value is -1.47. The summed E-state index contributed by atoms with van der Waals surface area (Å²) < 4.78 is 0. The molecule has 1 atom stereocenters. The highest BCUT2D eigenvalue weighted by Crippen LogP contribution is 2.34. The van der Waals surface area contributed by atoms with Gasteiger partial charge in [-0.15, -0.1) is 11.3 Å². The van der Waals surface area contributed by atoms with Crippen LogP contribution in [0.15, 0.2) is 5.38 Å². The molecule has 7 heteroatoms. The molecule has 1 aromatic rings. The smallest absolute Gasteiger partial charge is 0.280 e. The molecule has 2 N–H and O–H groups in total. The third-order valence-electron chi connectivity index (χ3n) is 4.14. The van der Waals surface area contributed by atoms with Crippen LogP contribution >= 0.6 is 11.3 Å². The molecule has 0 aromatic carbocycles. The van der Waals surface area contributed by atoms with Gasteiger partial charge in [-0.05, 0) is 32.6 Å². The van der Waals surface area contributed by atoms with Gasteiger partial charge in [-0.25, -0.2) is 4.98 Å². The summed E-state index contributed by atoms with van der Waals surface area (Å²) in [7, 11) is 0. The molecule has 2 fully saturated rings. The third-order valence-corrected chi connectivity index (χ3v) is 4.98. The van der Waals surface area contributed by atoms with Crippen molar-refractivity contribution in [3.63, 3.8) is 0 Å². The van der Waals surface area contributed by atoms with Crippen LogP contribution in [0.1, 0.15) is 52.9 Å². The van der Waals surface area contributed by atoms with Crippen LogP contribution < -0.4 is 5.32 Å². The topological polar surface area (TPSA) is 82.5 Å². The van der Waals surface area contributed by atoms with Gasteiger partial charge >= 0.3 is 0 Å². The van der Waals surface area contributed by atoms with E-state index in [0.29, 0.717) is 5.69 Å². The normalized spacial score (nSPS) is 23.1. The Morgan fingerprint density at radius 3 is 2.95 bits per heavy atom. The number of aromatic nitrogens is 1. The first-order valence-electron chi connectivity index (χ1n) is 7.26. The Balaban J connectivity index is 1.62. The van der Waals surface area contributed by atoms with Crippen LogP contribution in [-0.2, 0) is 0 Å². The van der Waals surface area contributed by atoms with Gasteiger partial charge in [0.2, 0.25) is 0 Å². The molecule has 0 radical (unpaired) electrons. The highest BCUT2D eigenvalue weighted by molar-refractivity contribution is 7.11. The second-order valence-corrected chi connectivity index (χ2v) is 6.79. The van der Waals surface area contributed by atoms with Crippen molar-refractivity contribution >= 4 is 23.2 Å². The standard InChI is InChI=1S/C14H19N3O3S/c1-9-3-2-6-17(9)13(19)10-7-21-12(16-10)11(18)15-8-14(20)4-5-14/h7,9,20H,2-6,8H2,1H3,(H,15,18)/t9-/m0/s1. The maximum atomic E-state index is 12.3. The molecule has 114 valence electrons. The lowest BCUT2D eigenvalue weighted by Gasteiger charge is -2.19. The number of rotatable bonds is 4. The summed E-state index contributed by atoms with van der Waals surface area (Å²) in [6.07, 6.45) is 3.48. The fourth-order valence-electron chi connectivity index (χ4n) is 2.50. The molecule has 1 saturated carbocycles. The SMILES string of the molecule is C[C@H]1CCCN1C(=O)c1csc(C(=O)NCC2(O)CC2)n1. The summed E-state index contributed by atoms with van der Waals surface area (Å²) in [6, 6.07) is 0.237. The van der Waals surface area contributed by atoms with Gasteiger partial charge in [0.05, 0.1) is 5.60 Å². The van der Waals surface area contributed by atoms with Crippen molar-refractivity contribution in [3.8, 4) is 0 Å². The van der Waals surface area contributed by atoms with Crippen molar-refractivity contribution in [3.05, 3.63) is 16.1 Å². The average molecular weight is 309 g/mol. The number of carbonyl (C=O) groups is 2. The van der Waals surface area contributed by atoms with Gasteiger partial charge in [0.25, 0.3) is 11.8 Å². The number of amides is 2. The van der Waals surface area contributed by atoms with E-state index in [2.05, 4.69) is 10.3 Å². The molecule has 0 bridgehead atoms. The van der Waals surface area contributed by atoms with Crippen LogP contribution in [-0.4, -0.2) is 51.5 Å². The van der Waals surface area contributed by atoms with Crippen LogP contribution in [0.5, 0.6) is 0 Å². The summed E-state index contributed by atoms with van der Waals surface area (Å²) in [5.74, 6) is -0.426. The van der Waals surface area contributed by atoms with E-state index in [9.17, 15) is 14.7 Å². The lowest BCUT2D eigenvalue weighted by Crippen LogP contribution is -2.34. The number of thiazole rings is 1. The third kappa shape index (κ3) is 3.08. The highest BCUT2D eigenvalue weighted by Gasteiger charge is 2.40. The van der Waals surface area contributed by atoms with E-state index in [4.69, 9.17) is 0 Å². The number of nitrogens with zero attached hydrogens (tertiary/aromatic N) is 2. The molecule has 1 aliphatic heterocycles. The van der Waals surface area contributed by atoms with E-state index >= 15 is 0 Å². The van der Waals surface area contributed by atoms with E-state index in [1.807, 2.05) is 11.8 Å². The molecule has 1 aliphatic carbocycles. The summed E-state index contributed by atoms with van der Waals surface area (Å²) in [6.45, 7) is 3.03. The van der Waals surface area contributed by atoms with Crippen molar-refractivity contribution in [2.75, 3.05) is 13.1 Å². The molecule has 0 unspecified atom stereocenters. The number of carbonyl (C=O) groups excluding carboxylic acids is 2. The van der Waals surface area contributed by atoms with Gasteiger partial charge in [-0.3, -0.25) is 9.59 Å². The zero-order valence-electron chi connectivity index (χ0n) is 12.0. The maximum absolute atomic E-state index is 12.3. The van der Waals surface area contributed by atoms with Crippen molar-refractivity contribution in [2.24, 2.45) is 0 Å². The fraction of sp³-hybridized carbons (Fsp3) is 0.643. The van der Waals surface area contributed by atoms with Crippen LogP contribution in [0.3, 0.4) is 0 Å². The van der Waals surface area contributed by atoms with Gasteiger partial charge in [-0.2, -0.15) is 0 Å². The van der Waals surface area contributed by atoms with E-state index in [1.165, 1.54) is 0 Å². The Morgan fingerprint density at radius 1 is 1.57 bits per heavy atom. The molecular weight excluding hydrogens is 290 g/mol. The first kappa shape index (κ1) is 14.5. The van der Waals surface area contributed by atoms with Crippen LogP contribution in [0.25, 0.3) is 0 Å². The summed E-state index contributed by atoms with van der Waals surface area (Å²) in [4.78, 5) is 30.2. The van der Waals surface area contributed by atoms with Gasteiger partial charge in [0.15, 0.2) is 5.01 Å². The predicted octanol–water partition coefficient (Wildman–Crippen LogP) is 1.02. The molecular formula is C14H19N3O3S. The maximum Gasteiger partial charge on any atom is 0.280 e. The van der Waals surface area contributed by atoms with Crippen molar-refractivity contribution in [2.45, 2.75) is 44.2 Å². The minimum absolute atomic E-state index is 0.101. The van der Waals surface area contributed by atoms with Crippen molar-refractivity contribution in [1.29, 1.82) is 0 Å². The molecule has 2 aliphatic rings. The molecule has 21 heavy (non-hydrogen) atoms. The van der Waals surface area contributed by atoms with Crippen LogP contribution in [0, 0.1) is 0 Å². The lowest BCUT2D eigenvalue weighted by atomic mass is 10.2. The first-order valence-corrected chi connectivity index (χ1v) is 8.14. The largest absolute Gasteiger partial charge is 0.388 e. The molecule has 6 nitrogen and oxygen atoms in total. The Labute approximate surface area is 127 Å². The molecule has 2 amide bonds. The average Bonchev–Trinajstić information content (AvgIpc) is 2.90.